The molecule has 0 heterocycles. The Hall–Kier alpha value is -2.03. The summed E-state index contributed by atoms with van der Waals surface area (Å²) in [5.41, 5.74) is 4.07. The summed E-state index contributed by atoms with van der Waals surface area (Å²) in [5.74, 6) is 0.347. The van der Waals surface area contributed by atoms with Crippen molar-refractivity contribution in [1.82, 2.24) is 5.48 Å². The summed E-state index contributed by atoms with van der Waals surface area (Å²) >= 11 is 12.5. The van der Waals surface area contributed by atoms with Crippen LogP contribution in [0.25, 0.3) is 0 Å². The fraction of sp³-hybridized carbons (Fsp3) is 0.350. The number of carbonyl (C=O) groups excluding carboxylic acids is 1. The Kier molecular flexibility index (Phi) is 9.50. The van der Waals surface area contributed by atoms with Gasteiger partial charge < -0.3 is 23.8 Å². The highest BCUT2D eigenvalue weighted by atomic mass is 35.5. The summed E-state index contributed by atoms with van der Waals surface area (Å²) in [7, 11) is 4.32. The van der Waals surface area contributed by atoms with Gasteiger partial charge in [-0.2, -0.15) is 5.48 Å². The molecule has 29 heavy (non-hydrogen) atoms. The van der Waals surface area contributed by atoms with Crippen molar-refractivity contribution in [2.75, 3.05) is 34.5 Å². The van der Waals surface area contributed by atoms with E-state index in [2.05, 4.69) is 5.48 Å². The van der Waals surface area contributed by atoms with Crippen LogP contribution in [-0.2, 0) is 25.7 Å². The van der Waals surface area contributed by atoms with E-state index in [1.807, 2.05) is 18.2 Å². The van der Waals surface area contributed by atoms with E-state index in [4.69, 9.17) is 47.0 Å². The molecule has 2 aromatic carbocycles. The number of nitrogens with one attached hydrogen (secondary N) is 1. The van der Waals surface area contributed by atoms with Crippen molar-refractivity contribution in [2.24, 2.45) is 0 Å². The first-order valence-electron chi connectivity index (χ1n) is 8.69. The van der Waals surface area contributed by atoms with Gasteiger partial charge in [0, 0.05) is 19.2 Å². The van der Waals surface area contributed by atoms with E-state index in [0.29, 0.717) is 40.3 Å². The van der Waals surface area contributed by atoms with Gasteiger partial charge in [-0.05, 0) is 11.1 Å². The van der Waals surface area contributed by atoms with Crippen molar-refractivity contribution < 1.29 is 28.6 Å². The Morgan fingerprint density at radius 2 is 1.72 bits per heavy atom. The maximum Gasteiger partial charge on any atom is 0.329 e. The van der Waals surface area contributed by atoms with Crippen LogP contribution < -0.4 is 15.0 Å². The number of hydroxylamine groups is 1. The Balaban J connectivity index is 2.17. The molecule has 9 heteroatoms. The highest BCUT2D eigenvalue weighted by molar-refractivity contribution is 6.37. The van der Waals surface area contributed by atoms with E-state index >= 15 is 0 Å². The number of carbonyl (C=O) groups is 1. The van der Waals surface area contributed by atoms with E-state index in [1.165, 1.54) is 14.2 Å². The first-order valence-corrected chi connectivity index (χ1v) is 9.45. The number of esters is 1. The number of ether oxygens (including phenoxy) is 4. The second kappa shape index (κ2) is 11.8. The molecule has 0 spiro atoms. The maximum atomic E-state index is 12.1. The van der Waals surface area contributed by atoms with Crippen LogP contribution in [0.1, 0.15) is 17.2 Å². The third-order valence-electron chi connectivity index (χ3n) is 3.94. The summed E-state index contributed by atoms with van der Waals surface area (Å²) in [5, 5.41) is 0.649. The van der Waals surface area contributed by atoms with Crippen LogP contribution in [0.3, 0.4) is 0 Å². The molecule has 0 radical (unpaired) electrons. The van der Waals surface area contributed by atoms with E-state index < -0.39 is 12.0 Å². The van der Waals surface area contributed by atoms with Gasteiger partial charge in [-0.25, -0.2) is 4.79 Å². The molecule has 1 unspecified atom stereocenters. The smallest absolute Gasteiger partial charge is 0.329 e. The number of halogens is 2. The van der Waals surface area contributed by atoms with Crippen molar-refractivity contribution in [3.63, 3.8) is 0 Å². The van der Waals surface area contributed by atoms with Crippen LogP contribution in [0, 0.1) is 0 Å². The summed E-state index contributed by atoms with van der Waals surface area (Å²) in [4.78, 5) is 17.0. The van der Waals surface area contributed by atoms with Gasteiger partial charge >= 0.3 is 5.97 Å². The SMILES string of the molecule is COCCOc1c(Cl)cc(OCc2ccccc2C(NOC)C(=O)OC)cc1Cl. The third-order valence-corrected chi connectivity index (χ3v) is 4.50. The third kappa shape index (κ3) is 6.48. The first-order chi connectivity index (χ1) is 14.0. The lowest BCUT2D eigenvalue weighted by molar-refractivity contribution is -0.147. The number of rotatable bonds is 11. The Morgan fingerprint density at radius 1 is 1.03 bits per heavy atom. The van der Waals surface area contributed by atoms with Gasteiger partial charge in [0.25, 0.3) is 0 Å². The average molecular weight is 444 g/mol. The van der Waals surface area contributed by atoms with Crippen LogP contribution in [0.4, 0.5) is 0 Å². The summed E-state index contributed by atoms with van der Waals surface area (Å²) in [6, 6.07) is 9.72. The Bertz CT molecular complexity index is 794. The Morgan fingerprint density at radius 3 is 2.34 bits per heavy atom. The van der Waals surface area contributed by atoms with Crippen molar-refractivity contribution in [2.45, 2.75) is 12.6 Å². The lowest BCUT2D eigenvalue weighted by Crippen LogP contribution is -2.29. The monoisotopic (exact) mass is 443 g/mol. The van der Waals surface area contributed by atoms with Gasteiger partial charge in [0.15, 0.2) is 11.8 Å². The van der Waals surface area contributed by atoms with Crippen molar-refractivity contribution in [3.8, 4) is 11.5 Å². The molecule has 2 rings (SSSR count). The van der Waals surface area contributed by atoms with E-state index in [0.717, 1.165) is 5.56 Å². The van der Waals surface area contributed by atoms with Crippen LogP contribution in [-0.4, -0.2) is 40.5 Å². The topological polar surface area (TPSA) is 75.3 Å². The summed E-state index contributed by atoms with van der Waals surface area (Å²) in [6.07, 6.45) is 0. The molecule has 2 aromatic rings. The number of benzene rings is 2. The second-order valence-corrected chi connectivity index (χ2v) is 6.64. The van der Waals surface area contributed by atoms with Crippen molar-refractivity contribution >= 4 is 29.2 Å². The summed E-state index contributed by atoms with van der Waals surface area (Å²) < 4.78 is 21.2. The predicted molar refractivity (Wildman–Crippen MR) is 110 cm³/mol. The minimum atomic E-state index is -0.798. The van der Waals surface area contributed by atoms with Crippen molar-refractivity contribution in [1.29, 1.82) is 0 Å². The molecule has 0 fully saturated rings. The normalized spacial score (nSPS) is 11.8. The van der Waals surface area contributed by atoms with Gasteiger partial charge in [0.05, 0.1) is 30.9 Å². The van der Waals surface area contributed by atoms with Gasteiger partial charge in [-0.3, -0.25) is 0 Å². The van der Waals surface area contributed by atoms with Crippen LogP contribution in [0.5, 0.6) is 11.5 Å². The highest BCUT2D eigenvalue weighted by Crippen LogP contribution is 2.37. The molecule has 0 saturated heterocycles. The number of hydrogen-bond acceptors (Lipinski definition) is 7. The quantitative estimate of drug-likeness (QED) is 0.320. The fourth-order valence-corrected chi connectivity index (χ4v) is 3.14. The molecular formula is C20H23Cl2NO6. The molecule has 1 N–H and O–H groups in total. The van der Waals surface area contributed by atoms with E-state index in [-0.39, 0.29) is 6.61 Å². The molecule has 0 aliphatic heterocycles. The zero-order valence-corrected chi connectivity index (χ0v) is 17.9. The molecule has 7 nitrogen and oxygen atoms in total. The lowest BCUT2D eigenvalue weighted by Gasteiger charge is -2.19. The lowest BCUT2D eigenvalue weighted by atomic mass is 10.0. The van der Waals surface area contributed by atoms with Crippen LogP contribution >= 0.6 is 23.2 Å². The van der Waals surface area contributed by atoms with Crippen LogP contribution in [0.2, 0.25) is 10.0 Å². The average Bonchev–Trinajstić information content (AvgIpc) is 2.72. The number of methoxy groups -OCH3 is 2. The molecule has 0 amide bonds. The fourth-order valence-electron chi connectivity index (χ4n) is 2.57. The van der Waals surface area contributed by atoms with Crippen LogP contribution in [0.15, 0.2) is 36.4 Å². The summed E-state index contributed by atoms with van der Waals surface area (Å²) in [6.45, 7) is 0.912. The molecular weight excluding hydrogens is 421 g/mol. The van der Waals surface area contributed by atoms with Gasteiger partial charge in [0.2, 0.25) is 0 Å². The van der Waals surface area contributed by atoms with Gasteiger partial charge in [-0.1, -0.05) is 47.5 Å². The molecule has 0 saturated carbocycles. The zero-order valence-electron chi connectivity index (χ0n) is 16.4. The standard InChI is InChI=1S/C20H23Cl2NO6/c1-25-8-9-28-19-16(21)10-14(11-17(19)22)29-12-13-6-4-5-7-15(13)18(23-27-3)20(24)26-2/h4-7,10-11,18,23H,8-9,12H2,1-3H3. The molecule has 1 atom stereocenters. The minimum Gasteiger partial charge on any atom is -0.489 e. The second-order valence-electron chi connectivity index (χ2n) is 5.82. The Labute approximate surface area is 179 Å². The predicted octanol–water partition coefficient (Wildman–Crippen LogP) is 3.96. The molecule has 0 aromatic heterocycles. The number of hydrogen-bond donors (Lipinski definition) is 1. The molecule has 158 valence electrons. The van der Waals surface area contributed by atoms with E-state index in [9.17, 15) is 4.79 Å². The molecule has 0 aliphatic rings. The zero-order chi connectivity index (χ0) is 21.2. The maximum absolute atomic E-state index is 12.1. The first kappa shape index (κ1) is 23.3. The largest absolute Gasteiger partial charge is 0.489 e. The highest BCUT2D eigenvalue weighted by Gasteiger charge is 2.24. The van der Waals surface area contributed by atoms with Gasteiger partial charge in [-0.15, -0.1) is 0 Å². The van der Waals surface area contributed by atoms with Crippen molar-refractivity contribution in [3.05, 3.63) is 57.6 Å². The molecule has 0 aliphatic carbocycles. The van der Waals surface area contributed by atoms with E-state index in [1.54, 1.807) is 25.3 Å². The molecule has 0 bridgehead atoms. The minimum absolute atomic E-state index is 0.172. The van der Waals surface area contributed by atoms with Gasteiger partial charge in [0.1, 0.15) is 19.0 Å².